The molecule has 0 unspecified atom stereocenters. The van der Waals surface area contributed by atoms with Crippen LogP contribution in [0.2, 0.25) is 0 Å². The number of nitrogens with one attached hydrogen (secondary N) is 1. The van der Waals surface area contributed by atoms with Gasteiger partial charge in [0.15, 0.2) is 0 Å². The van der Waals surface area contributed by atoms with Crippen LogP contribution >= 0.6 is 11.8 Å². The molecule has 0 radical (unpaired) electrons. The molecule has 1 heterocycles. The smallest absolute Gasteiger partial charge is 0.338 e. The van der Waals surface area contributed by atoms with E-state index >= 15 is 0 Å². The zero-order chi connectivity index (χ0) is 16.8. The third kappa shape index (κ3) is 4.72. The number of carbonyl (C=O) groups excluding carboxylic acids is 1. The van der Waals surface area contributed by atoms with E-state index in [1.807, 2.05) is 43.3 Å². The summed E-state index contributed by atoms with van der Waals surface area (Å²) >= 11 is 1.10. The Labute approximate surface area is 138 Å². The Morgan fingerprint density at radius 2 is 1.91 bits per heavy atom. The molecule has 0 fully saturated rings. The van der Waals surface area contributed by atoms with E-state index in [4.69, 9.17) is 5.11 Å². The van der Waals surface area contributed by atoms with Crippen molar-refractivity contribution in [2.45, 2.75) is 5.03 Å². The van der Waals surface area contributed by atoms with E-state index in [9.17, 15) is 9.59 Å². The first-order valence-electron chi connectivity index (χ1n) is 6.85. The standard InChI is InChI=1S/C16H17N3O3S/c1-19(2)12-7-5-11(6-8-12)18-14(20)10-23-15-13(16(21)22)4-3-9-17-15/h3-9H,10H2,1-2H3,(H,18,20)(H,21,22). The number of thioether (sulfide) groups is 1. The minimum absolute atomic E-state index is 0.0900. The van der Waals surface area contributed by atoms with Gasteiger partial charge in [-0.2, -0.15) is 0 Å². The molecule has 120 valence electrons. The fourth-order valence-electron chi connectivity index (χ4n) is 1.84. The van der Waals surface area contributed by atoms with Gasteiger partial charge in [0.1, 0.15) is 5.03 Å². The number of carbonyl (C=O) groups is 2. The van der Waals surface area contributed by atoms with Gasteiger partial charge in [-0.1, -0.05) is 11.8 Å². The number of amides is 1. The average molecular weight is 331 g/mol. The van der Waals surface area contributed by atoms with Crippen LogP contribution in [0.5, 0.6) is 0 Å². The number of nitrogens with zero attached hydrogens (tertiary/aromatic N) is 2. The Morgan fingerprint density at radius 3 is 2.52 bits per heavy atom. The van der Waals surface area contributed by atoms with Crippen LogP contribution in [0.1, 0.15) is 10.4 Å². The number of carboxylic acid groups (broad SMARTS) is 1. The summed E-state index contributed by atoms with van der Waals surface area (Å²) in [7, 11) is 3.88. The normalized spacial score (nSPS) is 10.2. The molecule has 0 aliphatic heterocycles. The number of carboxylic acids is 1. The van der Waals surface area contributed by atoms with Crippen LogP contribution in [-0.2, 0) is 4.79 Å². The van der Waals surface area contributed by atoms with E-state index in [0.717, 1.165) is 17.4 Å². The average Bonchev–Trinajstić information content (AvgIpc) is 2.53. The molecule has 0 saturated carbocycles. The number of benzene rings is 1. The third-order valence-corrected chi connectivity index (χ3v) is 4.01. The summed E-state index contributed by atoms with van der Waals surface area (Å²) in [4.78, 5) is 29.0. The maximum atomic E-state index is 12.0. The lowest BCUT2D eigenvalue weighted by Crippen LogP contribution is -2.15. The van der Waals surface area contributed by atoms with Crippen molar-refractivity contribution < 1.29 is 14.7 Å². The van der Waals surface area contributed by atoms with Gasteiger partial charge in [0.05, 0.1) is 11.3 Å². The number of anilines is 2. The fourth-order valence-corrected chi connectivity index (χ4v) is 2.63. The molecule has 0 aliphatic rings. The third-order valence-electron chi connectivity index (χ3n) is 3.01. The van der Waals surface area contributed by atoms with Gasteiger partial charge in [0.2, 0.25) is 5.91 Å². The van der Waals surface area contributed by atoms with E-state index in [0.29, 0.717) is 10.7 Å². The highest BCUT2D eigenvalue weighted by atomic mass is 32.2. The number of hydrogen-bond donors (Lipinski definition) is 2. The highest BCUT2D eigenvalue weighted by Crippen LogP contribution is 2.21. The second-order valence-corrected chi connectivity index (χ2v) is 5.90. The number of pyridine rings is 1. The first kappa shape index (κ1) is 16.8. The predicted molar refractivity (Wildman–Crippen MR) is 91.3 cm³/mol. The van der Waals surface area contributed by atoms with Crippen molar-refractivity contribution in [2.75, 3.05) is 30.1 Å². The quantitative estimate of drug-likeness (QED) is 0.792. The molecule has 7 heteroatoms. The van der Waals surface area contributed by atoms with Crippen LogP contribution in [0, 0.1) is 0 Å². The predicted octanol–water partition coefficient (Wildman–Crippen LogP) is 2.58. The Balaban J connectivity index is 1.94. The van der Waals surface area contributed by atoms with Crippen LogP contribution in [0.25, 0.3) is 0 Å². The molecule has 1 amide bonds. The fraction of sp³-hybridized carbons (Fsp3) is 0.188. The lowest BCUT2D eigenvalue weighted by molar-refractivity contribution is -0.113. The topological polar surface area (TPSA) is 82.5 Å². The zero-order valence-electron chi connectivity index (χ0n) is 12.8. The molecular weight excluding hydrogens is 314 g/mol. The Bertz CT molecular complexity index is 702. The molecular formula is C16H17N3O3S. The summed E-state index contributed by atoms with van der Waals surface area (Å²) in [5, 5.41) is 12.2. The maximum absolute atomic E-state index is 12.0. The lowest BCUT2D eigenvalue weighted by atomic mass is 10.2. The zero-order valence-corrected chi connectivity index (χ0v) is 13.6. The summed E-state index contributed by atoms with van der Waals surface area (Å²) in [6.45, 7) is 0. The highest BCUT2D eigenvalue weighted by Gasteiger charge is 2.13. The number of aromatic carboxylic acids is 1. The van der Waals surface area contributed by atoms with Crippen molar-refractivity contribution in [1.82, 2.24) is 4.98 Å². The van der Waals surface area contributed by atoms with E-state index in [-0.39, 0.29) is 17.2 Å². The van der Waals surface area contributed by atoms with Gasteiger partial charge in [0.25, 0.3) is 0 Å². The molecule has 0 aliphatic carbocycles. The first-order chi connectivity index (χ1) is 11.0. The SMILES string of the molecule is CN(C)c1ccc(NC(=O)CSc2ncccc2C(=O)O)cc1. The van der Waals surface area contributed by atoms with Gasteiger partial charge in [-0.3, -0.25) is 4.79 Å². The number of hydrogen-bond acceptors (Lipinski definition) is 5. The molecule has 6 nitrogen and oxygen atoms in total. The van der Waals surface area contributed by atoms with Crippen molar-refractivity contribution >= 4 is 35.0 Å². The summed E-state index contributed by atoms with van der Waals surface area (Å²) in [5.74, 6) is -1.18. The Morgan fingerprint density at radius 1 is 1.22 bits per heavy atom. The van der Waals surface area contributed by atoms with Crippen LogP contribution in [0.4, 0.5) is 11.4 Å². The van der Waals surface area contributed by atoms with Crippen molar-refractivity contribution in [1.29, 1.82) is 0 Å². The van der Waals surface area contributed by atoms with Gasteiger partial charge >= 0.3 is 5.97 Å². The van der Waals surface area contributed by atoms with Gasteiger partial charge in [0, 0.05) is 31.7 Å². The van der Waals surface area contributed by atoms with Crippen molar-refractivity contribution in [3.05, 3.63) is 48.2 Å². The summed E-state index contributed by atoms with van der Waals surface area (Å²) in [6.07, 6.45) is 1.51. The number of rotatable bonds is 6. The second-order valence-electron chi connectivity index (χ2n) is 4.94. The second kappa shape index (κ2) is 7.64. The Hall–Kier alpha value is -2.54. The van der Waals surface area contributed by atoms with E-state index in [1.54, 1.807) is 6.07 Å². The van der Waals surface area contributed by atoms with Crippen LogP contribution in [0.3, 0.4) is 0 Å². The van der Waals surface area contributed by atoms with Crippen LogP contribution < -0.4 is 10.2 Å². The molecule has 0 bridgehead atoms. The summed E-state index contributed by atoms with van der Waals surface area (Å²) < 4.78 is 0. The van der Waals surface area contributed by atoms with Crippen molar-refractivity contribution in [3.8, 4) is 0 Å². The lowest BCUT2D eigenvalue weighted by Gasteiger charge is -2.13. The summed E-state index contributed by atoms with van der Waals surface area (Å²) in [6, 6.07) is 10.5. The van der Waals surface area contributed by atoms with Gasteiger partial charge in [-0.05, 0) is 36.4 Å². The number of aromatic nitrogens is 1. The van der Waals surface area contributed by atoms with Gasteiger partial charge < -0.3 is 15.3 Å². The molecule has 2 aromatic rings. The van der Waals surface area contributed by atoms with Gasteiger partial charge in [-0.25, -0.2) is 9.78 Å². The van der Waals surface area contributed by atoms with Crippen LogP contribution in [-0.4, -0.2) is 41.8 Å². The van der Waals surface area contributed by atoms with Crippen molar-refractivity contribution in [3.63, 3.8) is 0 Å². The molecule has 1 aromatic carbocycles. The molecule has 0 saturated heterocycles. The van der Waals surface area contributed by atoms with E-state index < -0.39 is 5.97 Å². The van der Waals surface area contributed by atoms with Gasteiger partial charge in [-0.15, -0.1) is 0 Å². The van der Waals surface area contributed by atoms with E-state index in [2.05, 4.69) is 10.3 Å². The largest absolute Gasteiger partial charge is 0.478 e. The molecule has 2 N–H and O–H groups in total. The minimum Gasteiger partial charge on any atom is -0.478 e. The highest BCUT2D eigenvalue weighted by molar-refractivity contribution is 8.00. The maximum Gasteiger partial charge on any atom is 0.338 e. The Kier molecular flexibility index (Phi) is 5.59. The molecule has 23 heavy (non-hydrogen) atoms. The molecule has 0 spiro atoms. The van der Waals surface area contributed by atoms with Crippen molar-refractivity contribution in [2.24, 2.45) is 0 Å². The van der Waals surface area contributed by atoms with Crippen LogP contribution in [0.15, 0.2) is 47.6 Å². The summed E-state index contributed by atoms with van der Waals surface area (Å²) in [5.41, 5.74) is 1.83. The van der Waals surface area contributed by atoms with E-state index in [1.165, 1.54) is 12.3 Å². The first-order valence-corrected chi connectivity index (χ1v) is 7.84. The molecule has 1 aromatic heterocycles. The molecule has 2 rings (SSSR count). The molecule has 0 atom stereocenters. The monoisotopic (exact) mass is 331 g/mol. The minimum atomic E-state index is -1.06.